The summed E-state index contributed by atoms with van der Waals surface area (Å²) in [7, 11) is 0. The average Bonchev–Trinajstić information content (AvgIpc) is 2.69. The van der Waals surface area contributed by atoms with Gasteiger partial charge in [0.2, 0.25) is 5.91 Å². The highest BCUT2D eigenvalue weighted by Gasteiger charge is 2.24. The van der Waals surface area contributed by atoms with Gasteiger partial charge in [-0.05, 0) is 17.5 Å². The minimum Gasteiger partial charge on any atom is -0.391 e. The predicted molar refractivity (Wildman–Crippen MR) is 110 cm³/mol. The summed E-state index contributed by atoms with van der Waals surface area (Å²) in [5.74, 6) is 0.0121. The predicted octanol–water partition coefficient (Wildman–Crippen LogP) is 3.17. The molecule has 27 heavy (non-hydrogen) atoms. The monoisotopic (exact) mass is 387 g/mol. The molecule has 1 heterocycles. The third kappa shape index (κ3) is 6.38. The first-order chi connectivity index (χ1) is 12.7. The van der Waals surface area contributed by atoms with Gasteiger partial charge < -0.3 is 15.5 Å². The SMILES string of the molecule is Cl.N[C@@H](Cc1ccccc1)C(=O)N1CCC(=NOCc2ccccc2)CC1. The van der Waals surface area contributed by atoms with E-state index in [1.165, 1.54) is 0 Å². The maximum atomic E-state index is 12.5. The van der Waals surface area contributed by atoms with Gasteiger partial charge in [-0.15, -0.1) is 12.4 Å². The molecular weight excluding hydrogens is 362 g/mol. The fourth-order valence-corrected chi connectivity index (χ4v) is 3.04. The zero-order valence-electron chi connectivity index (χ0n) is 15.3. The first-order valence-electron chi connectivity index (χ1n) is 9.02. The molecule has 0 radical (unpaired) electrons. The summed E-state index contributed by atoms with van der Waals surface area (Å²) in [4.78, 5) is 19.8. The molecule has 1 aliphatic heterocycles. The molecule has 2 aromatic rings. The van der Waals surface area contributed by atoms with Crippen molar-refractivity contribution < 1.29 is 9.63 Å². The van der Waals surface area contributed by atoms with Gasteiger partial charge in [0, 0.05) is 25.9 Å². The first-order valence-corrected chi connectivity index (χ1v) is 9.02. The van der Waals surface area contributed by atoms with Gasteiger partial charge >= 0.3 is 0 Å². The minimum atomic E-state index is -0.495. The van der Waals surface area contributed by atoms with Gasteiger partial charge in [-0.1, -0.05) is 65.8 Å². The van der Waals surface area contributed by atoms with Crippen LogP contribution in [0.25, 0.3) is 0 Å². The molecule has 0 bridgehead atoms. The van der Waals surface area contributed by atoms with Crippen LogP contribution in [0, 0.1) is 0 Å². The van der Waals surface area contributed by atoms with Crippen molar-refractivity contribution in [3.63, 3.8) is 0 Å². The van der Waals surface area contributed by atoms with Crippen molar-refractivity contribution in [1.29, 1.82) is 0 Å². The summed E-state index contributed by atoms with van der Waals surface area (Å²) in [6.07, 6.45) is 2.04. The van der Waals surface area contributed by atoms with Gasteiger partial charge in [-0.3, -0.25) is 4.79 Å². The Balaban J connectivity index is 0.00000261. The van der Waals surface area contributed by atoms with E-state index < -0.39 is 6.04 Å². The molecule has 2 aromatic carbocycles. The summed E-state index contributed by atoms with van der Waals surface area (Å²) in [5, 5.41) is 4.23. The molecule has 0 aliphatic carbocycles. The molecular formula is C21H26ClN3O2. The van der Waals surface area contributed by atoms with E-state index in [0.29, 0.717) is 26.1 Å². The Morgan fingerprint density at radius 3 is 2.15 bits per heavy atom. The van der Waals surface area contributed by atoms with Gasteiger partial charge in [-0.2, -0.15) is 0 Å². The lowest BCUT2D eigenvalue weighted by atomic mass is 10.0. The zero-order chi connectivity index (χ0) is 18.2. The molecule has 3 rings (SSSR count). The van der Waals surface area contributed by atoms with Crippen LogP contribution in [0.15, 0.2) is 65.8 Å². The second-order valence-electron chi connectivity index (χ2n) is 6.54. The number of oxime groups is 1. The maximum Gasteiger partial charge on any atom is 0.239 e. The van der Waals surface area contributed by atoms with Crippen LogP contribution in [0.5, 0.6) is 0 Å². The molecule has 2 N–H and O–H groups in total. The van der Waals surface area contributed by atoms with Crippen molar-refractivity contribution >= 4 is 24.0 Å². The lowest BCUT2D eigenvalue weighted by molar-refractivity contribution is -0.132. The second-order valence-corrected chi connectivity index (χ2v) is 6.54. The molecule has 1 saturated heterocycles. The van der Waals surface area contributed by atoms with Crippen LogP contribution in [0.3, 0.4) is 0 Å². The van der Waals surface area contributed by atoms with E-state index in [2.05, 4.69) is 5.16 Å². The lowest BCUT2D eigenvalue weighted by Gasteiger charge is -2.29. The number of benzene rings is 2. The van der Waals surface area contributed by atoms with Crippen LogP contribution in [0.2, 0.25) is 0 Å². The number of rotatable bonds is 6. The summed E-state index contributed by atoms with van der Waals surface area (Å²) >= 11 is 0. The lowest BCUT2D eigenvalue weighted by Crippen LogP contribution is -2.48. The van der Waals surface area contributed by atoms with Gasteiger partial charge in [-0.25, -0.2) is 0 Å². The minimum absolute atomic E-state index is 0. The van der Waals surface area contributed by atoms with Crippen molar-refractivity contribution in [2.45, 2.75) is 31.9 Å². The molecule has 144 valence electrons. The van der Waals surface area contributed by atoms with Gasteiger partial charge in [0.1, 0.15) is 6.61 Å². The van der Waals surface area contributed by atoms with Gasteiger partial charge in [0.15, 0.2) is 0 Å². The van der Waals surface area contributed by atoms with Crippen LogP contribution < -0.4 is 5.73 Å². The number of nitrogens with zero attached hydrogens (tertiary/aromatic N) is 2. The molecule has 6 heteroatoms. The average molecular weight is 388 g/mol. The summed E-state index contributed by atoms with van der Waals surface area (Å²) in [6, 6.07) is 19.3. The number of likely N-dealkylation sites (tertiary alicyclic amines) is 1. The highest BCUT2D eigenvalue weighted by atomic mass is 35.5. The fraction of sp³-hybridized carbons (Fsp3) is 0.333. The Morgan fingerprint density at radius 1 is 1.00 bits per heavy atom. The quantitative estimate of drug-likeness (QED) is 0.774. The van der Waals surface area contributed by atoms with Crippen molar-refractivity contribution in [3.8, 4) is 0 Å². The fourth-order valence-electron chi connectivity index (χ4n) is 3.04. The van der Waals surface area contributed by atoms with E-state index in [0.717, 1.165) is 29.7 Å². The van der Waals surface area contributed by atoms with Crippen LogP contribution >= 0.6 is 12.4 Å². The Labute approximate surface area is 166 Å². The van der Waals surface area contributed by atoms with E-state index >= 15 is 0 Å². The summed E-state index contributed by atoms with van der Waals surface area (Å²) < 4.78 is 0. The number of hydrogen-bond acceptors (Lipinski definition) is 4. The van der Waals surface area contributed by atoms with Crippen molar-refractivity contribution in [3.05, 3.63) is 71.8 Å². The highest BCUT2D eigenvalue weighted by molar-refractivity contribution is 5.88. The normalized spacial score (nSPS) is 14.9. The Hall–Kier alpha value is -2.37. The number of halogens is 1. The van der Waals surface area contributed by atoms with Crippen molar-refractivity contribution in [1.82, 2.24) is 4.90 Å². The third-order valence-corrected chi connectivity index (χ3v) is 4.54. The van der Waals surface area contributed by atoms with E-state index in [9.17, 15) is 4.79 Å². The molecule has 5 nitrogen and oxygen atoms in total. The largest absolute Gasteiger partial charge is 0.391 e. The van der Waals surface area contributed by atoms with Crippen molar-refractivity contribution in [2.75, 3.05) is 13.1 Å². The van der Waals surface area contributed by atoms with Gasteiger partial charge in [0.05, 0.1) is 11.8 Å². The number of carbonyl (C=O) groups is 1. The number of hydrogen-bond donors (Lipinski definition) is 1. The highest BCUT2D eigenvalue weighted by Crippen LogP contribution is 2.12. The maximum absolute atomic E-state index is 12.5. The number of nitrogens with two attached hydrogens (primary N) is 1. The standard InChI is InChI=1S/C21H25N3O2.ClH/c22-20(15-17-7-3-1-4-8-17)21(25)24-13-11-19(12-14-24)23-26-16-18-9-5-2-6-10-18;/h1-10,20H,11-16,22H2;1H/t20-;/m0./s1. The zero-order valence-corrected chi connectivity index (χ0v) is 16.1. The van der Waals surface area contributed by atoms with Crippen LogP contribution in [-0.4, -0.2) is 35.7 Å². The number of piperidine rings is 1. The molecule has 1 atom stereocenters. The van der Waals surface area contributed by atoms with Crippen LogP contribution in [0.4, 0.5) is 0 Å². The molecule has 0 unspecified atom stereocenters. The second kappa shape index (κ2) is 10.7. The summed E-state index contributed by atoms with van der Waals surface area (Å²) in [6.45, 7) is 1.76. The van der Waals surface area contributed by atoms with E-state index in [1.807, 2.05) is 65.6 Å². The van der Waals surface area contributed by atoms with E-state index in [-0.39, 0.29) is 18.3 Å². The first kappa shape index (κ1) is 20.9. The Morgan fingerprint density at radius 2 is 1.56 bits per heavy atom. The van der Waals surface area contributed by atoms with E-state index in [1.54, 1.807) is 0 Å². The Kier molecular flexibility index (Phi) is 8.30. The van der Waals surface area contributed by atoms with Crippen LogP contribution in [-0.2, 0) is 22.7 Å². The number of amides is 1. The Bertz CT molecular complexity index is 728. The summed E-state index contributed by atoms with van der Waals surface area (Å²) in [5.41, 5.74) is 9.29. The number of carbonyl (C=O) groups excluding carboxylic acids is 1. The third-order valence-electron chi connectivity index (χ3n) is 4.54. The molecule has 1 amide bonds. The molecule has 0 saturated carbocycles. The topological polar surface area (TPSA) is 67.9 Å². The van der Waals surface area contributed by atoms with Crippen LogP contribution in [0.1, 0.15) is 24.0 Å². The molecule has 0 aromatic heterocycles. The smallest absolute Gasteiger partial charge is 0.239 e. The molecule has 0 spiro atoms. The van der Waals surface area contributed by atoms with Crippen molar-refractivity contribution in [2.24, 2.45) is 10.9 Å². The molecule has 1 aliphatic rings. The molecule has 1 fully saturated rings. The van der Waals surface area contributed by atoms with E-state index in [4.69, 9.17) is 10.6 Å². The van der Waals surface area contributed by atoms with Gasteiger partial charge in [0.25, 0.3) is 0 Å².